The predicted octanol–water partition coefficient (Wildman–Crippen LogP) is 2.56. The molecule has 150 valence electrons. The number of carbonyl (C=O) groups excluding carboxylic acids is 1. The summed E-state index contributed by atoms with van der Waals surface area (Å²) in [5.41, 5.74) is 6.13. The summed E-state index contributed by atoms with van der Waals surface area (Å²) in [4.78, 5) is 15.5. The van der Waals surface area contributed by atoms with Gasteiger partial charge in [-0.05, 0) is 44.3 Å². The summed E-state index contributed by atoms with van der Waals surface area (Å²) in [6.45, 7) is 8.87. The van der Waals surface area contributed by atoms with Crippen LogP contribution in [0.5, 0.6) is 0 Å². The van der Waals surface area contributed by atoms with Gasteiger partial charge in [-0.2, -0.15) is 0 Å². The van der Waals surface area contributed by atoms with E-state index in [1.165, 1.54) is 5.56 Å². The van der Waals surface area contributed by atoms with Gasteiger partial charge in [-0.1, -0.05) is 30.3 Å². The lowest BCUT2D eigenvalue weighted by Gasteiger charge is -2.40. The van der Waals surface area contributed by atoms with E-state index in [0.29, 0.717) is 19.5 Å². The Bertz CT molecular complexity index is 620. The minimum absolute atomic E-state index is 0.241. The Balaban J connectivity index is 2.01. The molecule has 7 nitrogen and oxygen atoms in total. The molecule has 0 radical (unpaired) electrons. The number of amides is 1. The summed E-state index contributed by atoms with van der Waals surface area (Å²) < 4.78 is 5.75. The molecule has 1 saturated heterocycles. The molecule has 2 rings (SSSR count). The maximum atomic E-state index is 11.1. The lowest BCUT2D eigenvalue weighted by molar-refractivity contribution is -0.118. The van der Waals surface area contributed by atoms with E-state index in [1.54, 1.807) is 0 Å². The zero-order chi connectivity index (χ0) is 19.9. The Morgan fingerprint density at radius 3 is 2.37 bits per heavy atom. The Kier molecular flexibility index (Phi) is 7.47. The minimum Gasteiger partial charge on any atom is -0.457 e. The third-order valence-electron chi connectivity index (χ3n) is 4.59. The second kappa shape index (κ2) is 9.60. The molecule has 1 aliphatic heterocycles. The van der Waals surface area contributed by atoms with E-state index < -0.39 is 5.60 Å². The molecule has 0 aromatic heterocycles. The SMILES string of the molecule is CC(C)(C)OC(=NO)N1CCN(C(CCCC(N)=O)c2ccccc2)CC1. The number of nitrogens with two attached hydrogens (primary N) is 1. The molecular formula is C20H32N4O3. The van der Waals surface area contributed by atoms with Gasteiger partial charge in [-0.15, -0.1) is 0 Å². The third kappa shape index (κ3) is 6.75. The van der Waals surface area contributed by atoms with Crippen LogP contribution in [0.25, 0.3) is 0 Å². The van der Waals surface area contributed by atoms with E-state index in [-0.39, 0.29) is 18.0 Å². The number of carbonyl (C=O) groups is 1. The zero-order valence-electron chi connectivity index (χ0n) is 16.6. The van der Waals surface area contributed by atoms with Crippen molar-refractivity contribution in [3.63, 3.8) is 0 Å². The zero-order valence-corrected chi connectivity index (χ0v) is 16.6. The Hall–Kier alpha value is -2.28. The lowest BCUT2D eigenvalue weighted by Crippen LogP contribution is -2.51. The molecule has 1 aliphatic rings. The number of rotatable bonds is 6. The van der Waals surface area contributed by atoms with Gasteiger partial charge < -0.3 is 20.6 Å². The van der Waals surface area contributed by atoms with Crippen molar-refractivity contribution in [1.29, 1.82) is 0 Å². The van der Waals surface area contributed by atoms with E-state index in [2.05, 4.69) is 22.2 Å². The molecule has 1 fully saturated rings. The van der Waals surface area contributed by atoms with Crippen LogP contribution in [0, 0.1) is 0 Å². The molecule has 7 heteroatoms. The second-order valence-corrected chi connectivity index (χ2v) is 7.91. The maximum Gasteiger partial charge on any atom is 0.327 e. The van der Waals surface area contributed by atoms with Crippen LogP contribution in [0.15, 0.2) is 35.5 Å². The highest BCUT2D eigenvalue weighted by molar-refractivity contribution is 5.74. The molecule has 0 saturated carbocycles. The monoisotopic (exact) mass is 376 g/mol. The van der Waals surface area contributed by atoms with Crippen LogP contribution in [-0.4, -0.2) is 58.7 Å². The number of hydrogen-bond donors (Lipinski definition) is 2. The van der Waals surface area contributed by atoms with Gasteiger partial charge in [-0.3, -0.25) is 9.69 Å². The van der Waals surface area contributed by atoms with Crippen molar-refractivity contribution in [3.8, 4) is 0 Å². The number of amidine groups is 1. The van der Waals surface area contributed by atoms with Crippen molar-refractivity contribution in [2.45, 2.75) is 51.7 Å². The summed E-state index contributed by atoms with van der Waals surface area (Å²) in [5.74, 6) is -0.255. The van der Waals surface area contributed by atoms with Crippen molar-refractivity contribution in [2.24, 2.45) is 10.9 Å². The highest BCUT2D eigenvalue weighted by Crippen LogP contribution is 2.27. The average Bonchev–Trinajstić information content (AvgIpc) is 2.63. The Labute approximate surface area is 161 Å². The van der Waals surface area contributed by atoms with Gasteiger partial charge in [0, 0.05) is 38.6 Å². The minimum atomic E-state index is -0.417. The van der Waals surface area contributed by atoms with Gasteiger partial charge in [0.1, 0.15) is 5.60 Å². The summed E-state index contributed by atoms with van der Waals surface area (Å²) in [6, 6.07) is 10.9. The van der Waals surface area contributed by atoms with Gasteiger partial charge in [0.2, 0.25) is 5.91 Å². The number of piperazine rings is 1. The topological polar surface area (TPSA) is 91.4 Å². The largest absolute Gasteiger partial charge is 0.457 e. The van der Waals surface area contributed by atoms with E-state index >= 15 is 0 Å². The summed E-state index contributed by atoms with van der Waals surface area (Å²) in [5, 5.41) is 12.7. The first kappa shape index (κ1) is 21.0. The van der Waals surface area contributed by atoms with E-state index in [4.69, 9.17) is 10.5 Å². The predicted molar refractivity (Wildman–Crippen MR) is 105 cm³/mol. The molecule has 0 bridgehead atoms. The Morgan fingerprint density at radius 1 is 1.22 bits per heavy atom. The first-order valence-electron chi connectivity index (χ1n) is 9.53. The smallest absolute Gasteiger partial charge is 0.327 e. The van der Waals surface area contributed by atoms with Crippen molar-refractivity contribution in [2.75, 3.05) is 26.2 Å². The number of oxime groups is 1. The van der Waals surface area contributed by atoms with Gasteiger partial charge in [0.15, 0.2) is 0 Å². The quantitative estimate of drug-likeness (QED) is 0.345. The normalized spacial score (nSPS) is 17.6. The molecule has 1 amide bonds. The molecule has 0 aliphatic carbocycles. The first-order valence-corrected chi connectivity index (χ1v) is 9.53. The average molecular weight is 377 g/mol. The van der Waals surface area contributed by atoms with Crippen molar-refractivity contribution in [1.82, 2.24) is 9.80 Å². The fourth-order valence-electron chi connectivity index (χ4n) is 3.35. The van der Waals surface area contributed by atoms with Crippen LogP contribution in [0.3, 0.4) is 0 Å². The third-order valence-corrected chi connectivity index (χ3v) is 4.59. The molecule has 27 heavy (non-hydrogen) atoms. The van der Waals surface area contributed by atoms with Gasteiger partial charge in [-0.25, -0.2) is 0 Å². The van der Waals surface area contributed by atoms with Crippen molar-refractivity contribution in [3.05, 3.63) is 35.9 Å². The maximum absolute atomic E-state index is 11.1. The number of ether oxygens (including phenoxy) is 1. The van der Waals surface area contributed by atoms with Crippen LogP contribution in [-0.2, 0) is 9.53 Å². The summed E-state index contributed by atoms with van der Waals surface area (Å²) in [7, 11) is 0. The van der Waals surface area contributed by atoms with Crippen LogP contribution in [0.1, 0.15) is 51.6 Å². The fourth-order valence-corrected chi connectivity index (χ4v) is 3.35. The highest BCUT2D eigenvalue weighted by Gasteiger charge is 2.28. The molecular weight excluding hydrogens is 344 g/mol. The number of primary amides is 1. The fraction of sp³-hybridized carbons (Fsp3) is 0.600. The molecule has 1 heterocycles. The molecule has 1 aromatic carbocycles. The van der Waals surface area contributed by atoms with E-state index in [1.807, 2.05) is 43.9 Å². The molecule has 3 N–H and O–H groups in total. The van der Waals surface area contributed by atoms with Gasteiger partial charge >= 0.3 is 6.02 Å². The number of hydrogen-bond acceptors (Lipinski definition) is 5. The Morgan fingerprint density at radius 2 is 1.85 bits per heavy atom. The van der Waals surface area contributed by atoms with Crippen LogP contribution in [0.4, 0.5) is 0 Å². The molecule has 1 unspecified atom stereocenters. The van der Waals surface area contributed by atoms with Crippen molar-refractivity contribution < 1.29 is 14.7 Å². The van der Waals surface area contributed by atoms with Gasteiger partial charge in [0.25, 0.3) is 0 Å². The first-order chi connectivity index (χ1) is 12.8. The number of nitrogens with zero attached hydrogens (tertiary/aromatic N) is 3. The second-order valence-electron chi connectivity index (χ2n) is 7.91. The summed E-state index contributed by atoms with van der Waals surface area (Å²) in [6.07, 6.45) is 2.06. The van der Waals surface area contributed by atoms with Crippen molar-refractivity contribution >= 4 is 11.9 Å². The standard InChI is InChI=1S/C20H32N4O3/c1-20(2,3)27-19(22-26)24-14-12-23(13-15-24)17(10-7-11-18(21)25)16-8-5-4-6-9-16/h4-6,8-9,17,26H,7,10-15H2,1-3H3,(H2,21,25). The van der Waals surface area contributed by atoms with E-state index in [9.17, 15) is 10.0 Å². The van der Waals surface area contributed by atoms with Gasteiger partial charge in [0.05, 0.1) is 0 Å². The van der Waals surface area contributed by atoms with E-state index in [0.717, 1.165) is 25.9 Å². The molecule has 1 atom stereocenters. The van der Waals surface area contributed by atoms with Crippen LogP contribution in [0.2, 0.25) is 0 Å². The molecule has 0 spiro atoms. The number of benzene rings is 1. The summed E-state index contributed by atoms with van der Waals surface area (Å²) >= 11 is 0. The molecule has 1 aromatic rings. The van der Waals surface area contributed by atoms with Crippen LogP contribution < -0.4 is 5.73 Å². The highest BCUT2D eigenvalue weighted by atomic mass is 16.6. The van der Waals surface area contributed by atoms with Crippen LogP contribution >= 0.6 is 0 Å². The lowest BCUT2D eigenvalue weighted by atomic mass is 9.98.